The minimum atomic E-state index is -1.26. The third-order valence-electron chi connectivity index (χ3n) is 3.86. The zero-order chi connectivity index (χ0) is 18.1. The van der Waals surface area contributed by atoms with Crippen molar-refractivity contribution in [2.24, 2.45) is 7.05 Å². The zero-order valence-electron chi connectivity index (χ0n) is 13.4. The molecular formula is C15H16N4O6. The van der Waals surface area contributed by atoms with Crippen LogP contribution in [0.3, 0.4) is 0 Å². The molecule has 0 radical (unpaired) electrons. The van der Waals surface area contributed by atoms with E-state index in [9.17, 15) is 19.5 Å². The summed E-state index contributed by atoms with van der Waals surface area (Å²) in [5, 5.41) is 25.3. The van der Waals surface area contributed by atoms with Crippen molar-refractivity contribution < 1.29 is 24.5 Å². The van der Waals surface area contributed by atoms with Crippen molar-refractivity contribution >= 4 is 11.9 Å². The van der Waals surface area contributed by atoms with Gasteiger partial charge in [-0.15, -0.1) is 0 Å². The van der Waals surface area contributed by atoms with Crippen molar-refractivity contribution in [1.82, 2.24) is 19.7 Å². The van der Waals surface area contributed by atoms with Crippen LogP contribution >= 0.6 is 0 Å². The number of nitrogens with zero attached hydrogens (tertiary/aromatic N) is 3. The summed E-state index contributed by atoms with van der Waals surface area (Å²) in [6.45, 7) is -0.374. The molecule has 0 fully saturated rings. The van der Waals surface area contributed by atoms with Gasteiger partial charge in [-0.05, 0) is 6.07 Å². The number of carbonyl (C=O) groups excluding carboxylic acids is 1. The first-order chi connectivity index (χ1) is 11.9. The van der Waals surface area contributed by atoms with E-state index in [1.807, 2.05) is 0 Å². The van der Waals surface area contributed by atoms with Gasteiger partial charge in [0.15, 0.2) is 0 Å². The summed E-state index contributed by atoms with van der Waals surface area (Å²) in [6.07, 6.45) is 1.72. The highest BCUT2D eigenvalue weighted by Crippen LogP contribution is 2.29. The van der Waals surface area contributed by atoms with Crippen LogP contribution in [0.25, 0.3) is 0 Å². The Balaban J connectivity index is 2.07. The number of carbonyl (C=O) groups is 2. The third-order valence-corrected chi connectivity index (χ3v) is 3.86. The number of aryl methyl sites for hydroxylation is 1. The monoisotopic (exact) mass is 348 g/mol. The van der Waals surface area contributed by atoms with Gasteiger partial charge in [0.2, 0.25) is 0 Å². The molecular weight excluding hydrogens is 332 g/mol. The van der Waals surface area contributed by atoms with E-state index in [1.54, 1.807) is 24.0 Å². The number of carboxylic acids is 1. The van der Waals surface area contributed by atoms with E-state index in [1.165, 1.54) is 4.57 Å². The molecule has 1 aliphatic rings. The number of hydrogen-bond acceptors (Lipinski definition) is 6. The second-order valence-electron chi connectivity index (χ2n) is 5.59. The second kappa shape index (κ2) is 6.40. The maximum absolute atomic E-state index is 12.8. The Morgan fingerprint density at radius 3 is 2.80 bits per heavy atom. The number of aliphatic carboxylic acids is 1. The molecule has 25 heavy (non-hydrogen) atoms. The highest BCUT2D eigenvalue weighted by atomic mass is 16.5. The van der Waals surface area contributed by atoms with Crippen molar-refractivity contribution in [1.29, 1.82) is 0 Å². The van der Waals surface area contributed by atoms with Crippen LogP contribution in [0.4, 0.5) is 0 Å². The SMILES string of the molecule is Cn1ccc(Cn2c3c(c(O)c(C(=O)NCC(=O)O)c2=O)COC3)n1. The van der Waals surface area contributed by atoms with Crippen LogP contribution in [-0.2, 0) is 36.3 Å². The fourth-order valence-corrected chi connectivity index (χ4v) is 2.70. The van der Waals surface area contributed by atoms with Gasteiger partial charge in [0.25, 0.3) is 11.5 Å². The summed E-state index contributed by atoms with van der Waals surface area (Å²) in [6, 6.07) is 1.73. The summed E-state index contributed by atoms with van der Waals surface area (Å²) in [4.78, 5) is 35.6. The van der Waals surface area contributed by atoms with Crippen molar-refractivity contribution in [3.05, 3.63) is 45.1 Å². The lowest BCUT2D eigenvalue weighted by Crippen LogP contribution is -2.37. The van der Waals surface area contributed by atoms with Gasteiger partial charge in [-0.2, -0.15) is 5.10 Å². The lowest BCUT2D eigenvalue weighted by Gasteiger charge is -2.14. The largest absolute Gasteiger partial charge is 0.506 e. The number of ether oxygens (including phenoxy) is 1. The summed E-state index contributed by atoms with van der Waals surface area (Å²) in [7, 11) is 1.74. The lowest BCUT2D eigenvalue weighted by molar-refractivity contribution is -0.135. The van der Waals surface area contributed by atoms with Gasteiger partial charge in [0.05, 0.1) is 31.1 Å². The Hall–Kier alpha value is -3.14. The third kappa shape index (κ3) is 3.11. The molecule has 0 bridgehead atoms. The minimum Gasteiger partial charge on any atom is -0.506 e. The fourth-order valence-electron chi connectivity index (χ4n) is 2.70. The Morgan fingerprint density at radius 1 is 1.40 bits per heavy atom. The number of fused-ring (bicyclic) bond motifs is 1. The fraction of sp³-hybridized carbons (Fsp3) is 0.333. The van der Waals surface area contributed by atoms with E-state index >= 15 is 0 Å². The molecule has 2 aromatic heterocycles. The van der Waals surface area contributed by atoms with Crippen LogP contribution < -0.4 is 10.9 Å². The number of nitrogens with one attached hydrogen (secondary N) is 1. The number of aromatic nitrogens is 3. The summed E-state index contributed by atoms with van der Waals surface area (Å²) in [5.74, 6) is -2.68. The minimum absolute atomic E-state index is 0.0584. The first kappa shape index (κ1) is 16.7. The molecule has 0 spiro atoms. The van der Waals surface area contributed by atoms with Gasteiger partial charge in [-0.3, -0.25) is 19.1 Å². The number of carboxylic acid groups (broad SMARTS) is 1. The Kier molecular flexibility index (Phi) is 4.28. The van der Waals surface area contributed by atoms with Gasteiger partial charge in [0.1, 0.15) is 17.9 Å². The molecule has 0 saturated heterocycles. The molecule has 0 saturated carbocycles. The Bertz CT molecular complexity index is 913. The molecule has 2 aromatic rings. The molecule has 132 valence electrons. The maximum atomic E-state index is 12.8. The highest BCUT2D eigenvalue weighted by Gasteiger charge is 2.29. The van der Waals surface area contributed by atoms with Gasteiger partial charge in [-0.25, -0.2) is 0 Å². The van der Waals surface area contributed by atoms with Gasteiger partial charge < -0.3 is 24.8 Å². The van der Waals surface area contributed by atoms with E-state index in [0.29, 0.717) is 17.0 Å². The van der Waals surface area contributed by atoms with Crippen LogP contribution in [0.1, 0.15) is 27.3 Å². The highest BCUT2D eigenvalue weighted by molar-refractivity contribution is 5.98. The van der Waals surface area contributed by atoms with E-state index in [2.05, 4.69) is 10.4 Å². The first-order valence-corrected chi connectivity index (χ1v) is 7.42. The molecule has 1 amide bonds. The van der Waals surface area contributed by atoms with Gasteiger partial charge in [-0.1, -0.05) is 0 Å². The van der Waals surface area contributed by atoms with Crippen LogP contribution in [0.15, 0.2) is 17.1 Å². The van der Waals surface area contributed by atoms with Crippen molar-refractivity contribution in [3.63, 3.8) is 0 Å². The molecule has 0 aliphatic carbocycles. The molecule has 0 unspecified atom stereocenters. The quantitative estimate of drug-likeness (QED) is 0.642. The first-order valence-electron chi connectivity index (χ1n) is 7.42. The topological polar surface area (TPSA) is 136 Å². The number of hydrogen-bond donors (Lipinski definition) is 3. The van der Waals surface area contributed by atoms with E-state index in [4.69, 9.17) is 9.84 Å². The number of aromatic hydroxyl groups is 1. The lowest BCUT2D eigenvalue weighted by atomic mass is 10.1. The predicted molar refractivity (Wildman–Crippen MR) is 83.1 cm³/mol. The summed E-state index contributed by atoms with van der Waals surface area (Å²) in [5.41, 5.74) is 0.192. The Morgan fingerprint density at radius 2 is 2.16 bits per heavy atom. The molecule has 3 rings (SSSR count). The Labute approximate surface area is 141 Å². The standard InChI is InChI=1S/C15H16N4O6/c1-18-3-2-8(17-18)5-19-10-7-25-6-9(10)13(22)12(15(19)24)14(23)16-4-11(20)21/h2-3,22H,4-7H2,1H3,(H,16,23)(H,20,21). The predicted octanol–water partition coefficient (Wildman–Crippen LogP) is -0.820. The normalized spacial score (nSPS) is 12.8. The number of amides is 1. The molecule has 10 nitrogen and oxygen atoms in total. The van der Waals surface area contributed by atoms with Crippen LogP contribution in [-0.4, -0.2) is 43.0 Å². The zero-order valence-corrected chi connectivity index (χ0v) is 13.4. The van der Waals surface area contributed by atoms with Crippen LogP contribution in [0, 0.1) is 0 Å². The van der Waals surface area contributed by atoms with Gasteiger partial charge >= 0.3 is 5.97 Å². The molecule has 1 aliphatic heterocycles. The van der Waals surface area contributed by atoms with E-state index in [0.717, 1.165) is 0 Å². The van der Waals surface area contributed by atoms with E-state index < -0.39 is 35.3 Å². The van der Waals surface area contributed by atoms with Crippen LogP contribution in [0.2, 0.25) is 0 Å². The van der Waals surface area contributed by atoms with Crippen molar-refractivity contribution in [3.8, 4) is 5.75 Å². The average molecular weight is 348 g/mol. The number of pyridine rings is 1. The summed E-state index contributed by atoms with van der Waals surface area (Å²) >= 11 is 0. The molecule has 0 atom stereocenters. The maximum Gasteiger partial charge on any atom is 0.322 e. The summed E-state index contributed by atoms with van der Waals surface area (Å²) < 4.78 is 8.20. The van der Waals surface area contributed by atoms with Crippen molar-refractivity contribution in [2.45, 2.75) is 19.8 Å². The number of rotatable bonds is 5. The molecule has 3 heterocycles. The van der Waals surface area contributed by atoms with Crippen molar-refractivity contribution in [2.75, 3.05) is 6.54 Å². The molecule has 3 N–H and O–H groups in total. The smallest absolute Gasteiger partial charge is 0.322 e. The van der Waals surface area contributed by atoms with Crippen LogP contribution in [0.5, 0.6) is 5.75 Å². The molecule has 10 heteroatoms. The second-order valence-corrected chi connectivity index (χ2v) is 5.59. The average Bonchev–Trinajstić information content (AvgIpc) is 3.18. The van der Waals surface area contributed by atoms with Gasteiger partial charge in [0, 0.05) is 18.8 Å². The van der Waals surface area contributed by atoms with E-state index in [-0.39, 0.29) is 19.8 Å². The molecule has 0 aromatic carbocycles.